The van der Waals surface area contributed by atoms with Crippen LogP contribution in [0.3, 0.4) is 0 Å². The second-order valence-electron chi connectivity index (χ2n) is 8.71. The third kappa shape index (κ3) is 5.49. The molecule has 0 saturated carbocycles. The number of ether oxygens (including phenoxy) is 2. The minimum atomic E-state index is -0.526. The lowest BCUT2D eigenvalue weighted by Crippen LogP contribution is -2.42. The molecule has 8 heteroatoms. The number of carbonyl (C=O) groups is 1. The Morgan fingerprint density at radius 3 is 2.54 bits per heavy atom. The number of carbonyl (C=O) groups excluding carboxylic acids is 1. The first-order valence-corrected chi connectivity index (χ1v) is 12.3. The first-order valence-electron chi connectivity index (χ1n) is 12.3. The molecule has 1 unspecified atom stereocenters. The maximum atomic E-state index is 13.9. The monoisotopic (exact) mass is 500 g/mol. The molecule has 0 aliphatic carbocycles. The number of rotatable bonds is 9. The summed E-state index contributed by atoms with van der Waals surface area (Å²) in [5.74, 6) is 0.983. The van der Waals surface area contributed by atoms with Gasteiger partial charge in [0.1, 0.15) is 11.6 Å². The van der Waals surface area contributed by atoms with Crippen LogP contribution in [0.1, 0.15) is 30.8 Å². The van der Waals surface area contributed by atoms with E-state index in [2.05, 4.69) is 5.32 Å². The van der Waals surface area contributed by atoms with Crippen molar-refractivity contribution in [1.82, 2.24) is 14.5 Å². The number of anilines is 1. The molecule has 37 heavy (non-hydrogen) atoms. The highest BCUT2D eigenvalue weighted by Crippen LogP contribution is 2.30. The predicted octanol–water partition coefficient (Wildman–Crippen LogP) is 5.33. The molecule has 2 amide bonds. The van der Waals surface area contributed by atoms with E-state index in [0.717, 1.165) is 5.56 Å². The van der Waals surface area contributed by atoms with E-state index in [1.165, 1.54) is 0 Å². The van der Waals surface area contributed by atoms with Crippen LogP contribution in [0.2, 0.25) is 0 Å². The molecular weight excluding hydrogens is 468 g/mol. The van der Waals surface area contributed by atoms with Crippen molar-refractivity contribution >= 4 is 22.6 Å². The molecule has 4 aromatic rings. The van der Waals surface area contributed by atoms with Crippen molar-refractivity contribution in [3.63, 3.8) is 0 Å². The van der Waals surface area contributed by atoms with Crippen molar-refractivity contribution in [1.29, 1.82) is 0 Å². The summed E-state index contributed by atoms with van der Waals surface area (Å²) in [5, 5.41) is 3.49. The maximum absolute atomic E-state index is 13.9. The average Bonchev–Trinajstić information content (AvgIpc) is 2.91. The standard InChI is InChI=1S/C29H32N4O4/c1-5-24(32(17-18-36-3)29(35)30-21-12-10-11-20(2)19-21)27-31-23-14-7-6-13-22(23)28(34)33(27)25-15-8-9-16-26(25)37-4/h6-16,19,24H,5,17-18H2,1-4H3,(H,30,35). The molecule has 0 fully saturated rings. The number of nitrogens with one attached hydrogen (secondary N) is 1. The van der Waals surface area contributed by atoms with Gasteiger partial charge in [0.2, 0.25) is 0 Å². The van der Waals surface area contributed by atoms with Gasteiger partial charge in [-0.15, -0.1) is 0 Å². The summed E-state index contributed by atoms with van der Waals surface area (Å²) in [6, 6.07) is 21.3. The van der Waals surface area contributed by atoms with Gasteiger partial charge in [0.05, 0.1) is 36.3 Å². The fourth-order valence-electron chi connectivity index (χ4n) is 4.47. The van der Waals surface area contributed by atoms with Gasteiger partial charge in [0, 0.05) is 19.3 Å². The van der Waals surface area contributed by atoms with E-state index in [1.54, 1.807) is 35.8 Å². The Balaban J connectivity index is 1.90. The van der Waals surface area contributed by atoms with Crippen LogP contribution < -0.4 is 15.6 Å². The molecule has 0 bridgehead atoms. The highest BCUT2D eigenvalue weighted by molar-refractivity contribution is 5.89. The van der Waals surface area contributed by atoms with Crippen molar-refractivity contribution in [2.45, 2.75) is 26.3 Å². The molecule has 1 N–H and O–H groups in total. The van der Waals surface area contributed by atoms with E-state index in [4.69, 9.17) is 14.5 Å². The van der Waals surface area contributed by atoms with Gasteiger partial charge in [-0.3, -0.25) is 9.36 Å². The molecule has 3 aromatic carbocycles. The van der Waals surface area contributed by atoms with Crippen LogP contribution in [0.4, 0.5) is 10.5 Å². The second-order valence-corrected chi connectivity index (χ2v) is 8.71. The average molecular weight is 501 g/mol. The number of nitrogens with zero attached hydrogens (tertiary/aromatic N) is 3. The summed E-state index contributed by atoms with van der Waals surface area (Å²) in [7, 11) is 3.16. The minimum absolute atomic E-state index is 0.227. The van der Waals surface area contributed by atoms with Gasteiger partial charge in [-0.2, -0.15) is 0 Å². The van der Waals surface area contributed by atoms with Crippen LogP contribution in [0.5, 0.6) is 5.75 Å². The lowest BCUT2D eigenvalue weighted by atomic mass is 10.1. The lowest BCUT2D eigenvalue weighted by molar-refractivity contribution is 0.131. The molecule has 0 radical (unpaired) electrons. The molecule has 0 spiro atoms. The Bertz CT molecular complexity index is 1450. The number of hydrogen-bond donors (Lipinski definition) is 1. The zero-order valence-corrected chi connectivity index (χ0v) is 21.6. The summed E-state index contributed by atoms with van der Waals surface area (Å²) < 4.78 is 12.5. The Hall–Kier alpha value is -4.17. The molecular formula is C29H32N4O4. The summed E-state index contributed by atoms with van der Waals surface area (Å²) in [6.45, 7) is 4.57. The second kappa shape index (κ2) is 11.7. The van der Waals surface area contributed by atoms with Gasteiger partial charge < -0.3 is 19.7 Å². The fourth-order valence-corrected chi connectivity index (χ4v) is 4.47. The minimum Gasteiger partial charge on any atom is -0.495 e. The molecule has 1 aromatic heterocycles. The Labute approximate surface area is 216 Å². The van der Waals surface area contributed by atoms with Crippen molar-refractivity contribution in [2.24, 2.45) is 0 Å². The third-order valence-corrected chi connectivity index (χ3v) is 6.26. The smallest absolute Gasteiger partial charge is 0.322 e. The zero-order chi connectivity index (χ0) is 26.4. The number of fused-ring (bicyclic) bond motifs is 1. The molecule has 1 atom stereocenters. The van der Waals surface area contributed by atoms with Crippen molar-refractivity contribution < 1.29 is 14.3 Å². The summed E-state index contributed by atoms with van der Waals surface area (Å²) in [4.78, 5) is 34.2. The van der Waals surface area contributed by atoms with E-state index in [1.807, 2.05) is 74.5 Å². The van der Waals surface area contributed by atoms with Crippen LogP contribution in [-0.4, -0.2) is 47.9 Å². The number of urea groups is 1. The van der Waals surface area contributed by atoms with Gasteiger partial charge in [-0.25, -0.2) is 9.78 Å². The number of benzene rings is 3. The third-order valence-electron chi connectivity index (χ3n) is 6.26. The largest absolute Gasteiger partial charge is 0.495 e. The number of aryl methyl sites for hydroxylation is 1. The van der Waals surface area contributed by atoms with Gasteiger partial charge in [-0.1, -0.05) is 43.3 Å². The fraction of sp³-hybridized carbons (Fsp3) is 0.276. The Morgan fingerprint density at radius 2 is 1.81 bits per heavy atom. The quantitative estimate of drug-likeness (QED) is 0.336. The van der Waals surface area contributed by atoms with Crippen LogP contribution in [0.15, 0.2) is 77.6 Å². The van der Waals surface area contributed by atoms with Crippen molar-refractivity contribution in [3.05, 3.63) is 94.5 Å². The van der Waals surface area contributed by atoms with E-state index in [0.29, 0.717) is 53.4 Å². The molecule has 0 aliphatic rings. The number of aromatic nitrogens is 2. The van der Waals surface area contributed by atoms with E-state index in [9.17, 15) is 9.59 Å². The molecule has 0 saturated heterocycles. The molecule has 1 heterocycles. The summed E-state index contributed by atoms with van der Waals surface area (Å²) >= 11 is 0. The lowest BCUT2D eigenvalue weighted by Gasteiger charge is -2.32. The first-order chi connectivity index (χ1) is 18.0. The number of amides is 2. The predicted molar refractivity (Wildman–Crippen MR) is 146 cm³/mol. The molecule has 8 nitrogen and oxygen atoms in total. The van der Waals surface area contributed by atoms with E-state index >= 15 is 0 Å². The van der Waals surface area contributed by atoms with Crippen LogP contribution in [-0.2, 0) is 4.74 Å². The Morgan fingerprint density at radius 1 is 1.05 bits per heavy atom. The van der Waals surface area contributed by atoms with Gasteiger partial charge in [0.15, 0.2) is 0 Å². The first kappa shape index (κ1) is 25.9. The highest BCUT2D eigenvalue weighted by atomic mass is 16.5. The normalized spacial score (nSPS) is 11.8. The van der Waals surface area contributed by atoms with Gasteiger partial charge in [-0.05, 0) is 55.3 Å². The number of methoxy groups -OCH3 is 2. The molecule has 4 rings (SSSR count). The van der Waals surface area contributed by atoms with Crippen LogP contribution in [0, 0.1) is 6.92 Å². The topological polar surface area (TPSA) is 85.7 Å². The molecule has 0 aliphatic heterocycles. The van der Waals surface area contributed by atoms with Crippen molar-refractivity contribution in [3.8, 4) is 11.4 Å². The van der Waals surface area contributed by atoms with Crippen LogP contribution >= 0.6 is 0 Å². The van der Waals surface area contributed by atoms with Gasteiger partial charge >= 0.3 is 6.03 Å². The molecule has 192 valence electrons. The van der Waals surface area contributed by atoms with Crippen molar-refractivity contribution in [2.75, 3.05) is 32.7 Å². The summed E-state index contributed by atoms with van der Waals surface area (Å²) in [5.41, 5.74) is 2.63. The highest BCUT2D eigenvalue weighted by Gasteiger charge is 2.30. The number of para-hydroxylation sites is 3. The maximum Gasteiger partial charge on any atom is 0.322 e. The van der Waals surface area contributed by atoms with E-state index < -0.39 is 6.04 Å². The van der Waals surface area contributed by atoms with Crippen LogP contribution in [0.25, 0.3) is 16.6 Å². The van der Waals surface area contributed by atoms with E-state index in [-0.39, 0.29) is 11.6 Å². The summed E-state index contributed by atoms with van der Waals surface area (Å²) in [6.07, 6.45) is 0.519. The van der Waals surface area contributed by atoms with Gasteiger partial charge in [0.25, 0.3) is 5.56 Å². The SMILES string of the molecule is CCC(c1nc2ccccc2c(=O)n1-c1ccccc1OC)N(CCOC)C(=O)Nc1cccc(C)c1. The Kier molecular flexibility index (Phi) is 8.20. The number of hydrogen-bond acceptors (Lipinski definition) is 5. The zero-order valence-electron chi connectivity index (χ0n) is 21.6.